The van der Waals surface area contributed by atoms with E-state index in [2.05, 4.69) is 4.90 Å². The van der Waals surface area contributed by atoms with E-state index >= 15 is 0 Å². The van der Waals surface area contributed by atoms with Crippen molar-refractivity contribution >= 4 is 10.0 Å². The second kappa shape index (κ2) is 6.21. The lowest BCUT2D eigenvalue weighted by Gasteiger charge is -2.45. The molecule has 6 nitrogen and oxygen atoms in total. The van der Waals surface area contributed by atoms with Crippen LogP contribution in [0.1, 0.15) is 17.5 Å². The number of sulfonamides is 1. The van der Waals surface area contributed by atoms with E-state index in [4.69, 9.17) is 4.74 Å². The van der Waals surface area contributed by atoms with E-state index in [-0.39, 0.29) is 22.6 Å². The van der Waals surface area contributed by atoms with Gasteiger partial charge in [0.05, 0.1) is 24.3 Å². The largest absolute Gasteiger partial charge is 0.375 e. The molecule has 0 bridgehead atoms. The number of nitriles is 1. The summed E-state index contributed by atoms with van der Waals surface area (Å²) < 4.78 is 33.7. The summed E-state index contributed by atoms with van der Waals surface area (Å²) in [5.41, 5.74) is 0.916. The van der Waals surface area contributed by atoms with Crippen molar-refractivity contribution in [2.24, 2.45) is 0 Å². The summed E-state index contributed by atoms with van der Waals surface area (Å²) >= 11 is 0. The van der Waals surface area contributed by atoms with Crippen molar-refractivity contribution in [3.8, 4) is 6.07 Å². The Balaban J connectivity index is 2.02. The number of likely N-dealkylation sites (N-methyl/N-ethyl adjacent to an activating group) is 1. The van der Waals surface area contributed by atoms with Crippen molar-refractivity contribution in [3.63, 3.8) is 0 Å². The highest BCUT2D eigenvalue weighted by molar-refractivity contribution is 7.89. The molecule has 1 aromatic carbocycles. The molecule has 0 saturated carbocycles. The molecule has 0 aliphatic carbocycles. The summed E-state index contributed by atoms with van der Waals surface area (Å²) in [6.45, 7) is 4.04. The first-order chi connectivity index (χ1) is 10.9. The third-order valence-electron chi connectivity index (χ3n) is 4.67. The van der Waals surface area contributed by atoms with E-state index in [1.165, 1.54) is 10.4 Å². The van der Waals surface area contributed by atoms with E-state index < -0.39 is 10.0 Å². The molecule has 2 heterocycles. The minimum absolute atomic E-state index is 0.0648. The van der Waals surface area contributed by atoms with Crippen LogP contribution >= 0.6 is 0 Å². The second-order valence-corrected chi connectivity index (χ2v) is 8.06. The molecule has 0 spiro atoms. The van der Waals surface area contributed by atoms with E-state index in [0.717, 1.165) is 13.0 Å². The molecule has 2 saturated heterocycles. The van der Waals surface area contributed by atoms with Crippen molar-refractivity contribution in [2.45, 2.75) is 30.4 Å². The van der Waals surface area contributed by atoms with Gasteiger partial charge in [0.1, 0.15) is 11.0 Å². The molecular formula is C16H21N3O3S. The SMILES string of the molecule is Cc1cccc(S(=O)(=O)N2CCOC3CCN(C)CC32)c1C#N. The average Bonchev–Trinajstić information content (AvgIpc) is 2.53. The molecular weight excluding hydrogens is 314 g/mol. The third-order valence-corrected chi connectivity index (χ3v) is 6.64. The van der Waals surface area contributed by atoms with Gasteiger partial charge >= 0.3 is 0 Å². The summed E-state index contributed by atoms with van der Waals surface area (Å²) in [5.74, 6) is 0. The molecule has 7 heteroatoms. The van der Waals surface area contributed by atoms with Crippen LogP contribution in [0.2, 0.25) is 0 Å². The molecule has 23 heavy (non-hydrogen) atoms. The van der Waals surface area contributed by atoms with Crippen molar-refractivity contribution < 1.29 is 13.2 Å². The lowest BCUT2D eigenvalue weighted by Crippen LogP contribution is -2.60. The van der Waals surface area contributed by atoms with Gasteiger partial charge in [-0.05, 0) is 32.0 Å². The van der Waals surface area contributed by atoms with Gasteiger partial charge in [0.25, 0.3) is 0 Å². The molecule has 2 atom stereocenters. The number of aryl methyl sites for hydroxylation is 1. The van der Waals surface area contributed by atoms with Crippen LogP contribution in [0.4, 0.5) is 0 Å². The van der Waals surface area contributed by atoms with Gasteiger partial charge in [0.2, 0.25) is 10.0 Å². The predicted molar refractivity (Wildman–Crippen MR) is 85.4 cm³/mol. The fourth-order valence-electron chi connectivity index (χ4n) is 3.42. The maximum atomic E-state index is 13.2. The first-order valence-electron chi connectivity index (χ1n) is 7.77. The number of fused-ring (bicyclic) bond motifs is 1. The van der Waals surface area contributed by atoms with E-state index in [1.54, 1.807) is 19.1 Å². The van der Waals surface area contributed by atoms with Crippen molar-refractivity contribution in [1.82, 2.24) is 9.21 Å². The molecule has 0 N–H and O–H groups in total. The molecule has 2 fully saturated rings. The fourth-order valence-corrected chi connectivity index (χ4v) is 5.26. The van der Waals surface area contributed by atoms with Crippen molar-refractivity contribution in [1.29, 1.82) is 5.26 Å². The molecule has 2 aliphatic heterocycles. The third kappa shape index (κ3) is 2.88. The topological polar surface area (TPSA) is 73.6 Å². The molecule has 2 aliphatic rings. The fraction of sp³-hybridized carbons (Fsp3) is 0.562. The number of hydrogen-bond acceptors (Lipinski definition) is 5. The zero-order valence-corrected chi connectivity index (χ0v) is 14.2. The highest BCUT2D eigenvalue weighted by Gasteiger charge is 2.42. The van der Waals surface area contributed by atoms with Gasteiger partial charge in [0, 0.05) is 19.6 Å². The highest BCUT2D eigenvalue weighted by Crippen LogP contribution is 2.30. The maximum Gasteiger partial charge on any atom is 0.244 e. The molecule has 0 radical (unpaired) electrons. The van der Waals surface area contributed by atoms with Crippen LogP contribution in [0.25, 0.3) is 0 Å². The van der Waals surface area contributed by atoms with Gasteiger partial charge in [-0.3, -0.25) is 0 Å². The number of morpholine rings is 1. The van der Waals surface area contributed by atoms with Crippen LogP contribution in [0.3, 0.4) is 0 Å². The van der Waals surface area contributed by atoms with Crippen LogP contribution in [-0.4, -0.2) is 63.1 Å². The highest BCUT2D eigenvalue weighted by atomic mass is 32.2. The van der Waals surface area contributed by atoms with Crippen LogP contribution in [0.15, 0.2) is 23.1 Å². The predicted octanol–water partition coefficient (Wildman–Crippen LogP) is 0.960. The Hall–Kier alpha value is -1.46. The molecule has 0 aromatic heterocycles. The van der Waals surface area contributed by atoms with Gasteiger partial charge in [-0.15, -0.1) is 0 Å². The van der Waals surface area contributed by atoms with Crippen LogP contribution in [0, 0.1) is 18.3 Å². The molecule has 124 valence electrons. The molecule has 1 aromatic rings. The number of hydrogen-bond donors (Lipinski definition) is 0. The van der Waals surface area contributed by atoms with Crippen molar-refractivity contribution in [3.05, 3.63) is 29.3 Å². The standard InChI is InChI=1S/C16H21N3O3S/c1-12-4-3-5-16(13(12)10-17)23(20,21)19-8-9-22-15-6-7-18(2)11-14(15)19/h3-5,14-15H,6-9,11H2,1-2H3. The molecule has 3 rings (SSSR count). The monoisotopic (exact) mass is 335 g/mol. The van der Waals surface area contributed by atoms with Crippen molar-refractivity contribution in [2.75, 3.05) is 33.3 Å². The Bertz CT molecular complexity index is 741. The molecule has 2 unspecified atom stereocenters. The van der Waals surface area contributed by atoms with Crippen LogP contribution in [-0.2, 0) is 14.8 Å². The normalized spacial score (nSPS) is 26.5. The first kappa shape index (κ1) is 16.4. The van der Waals surface area contributed by atoms with Gasteiger partial charge in [-0.2, -0.15) is 9.57 Å². The summed E-state index contributed by atoms with van der Waals surface area (Å²) in [6, 6.07) is 6.82. The number of nitrogens with zero attached hydrogens (tertiary/aromatic N) is 3. The Morgan fingerprint density at radius 1 is 1.35 bits per heavy atom. The number of ether oxygens (including phenoxy) is 1. The number of piperidine rings is 1. The Labute approximate surface area is 137 Å². The zero-order chi connectivity index (χ0) is 16.6. The minimum atomic E-state index is -3.72. The Kier molecular flexibility index (Phi) is 4.43. The summed E-state index contributed by atoms with van der Waals surface area (Å²) in [7, 11) is -1.73. The Morgan fingerprint density at radius 3 is 2.87 bits per heavy atom. The number of likely N-dealkylation sites (tertiary alicyclic amines) is 1. The first-order valence-corrected chi connectivity index (χ1v) is 9.21. The van der Waals surface area contributed by atoms with Gasteiger partial charge in [-0.1, -0.05) is 12.1 Å². The summed E-state index contributed by atoms with van der Waals surface area (Å²) in [5, 5.41) is 9.37. The average molecular weight is 335 g/mol. The minimum Gasteiger partial charge on any atom is -0.375 e. The van der Waals surface area contributed by atoms with E-state index in [9.17, 15) is 13.7 Å². The lowest BCUT2D eigenvalue weighted by atomic mass is 10.0. The molecule has 0 amide bonds. The Morgan fingerprint density at radius 2 is 2.13 bits per heavy atom. The van der Waals surface area contributed by atoms with Gasteiger partial charge in [0.15, 0.2) is 0 Å². The second-order valence-electron chi connectivity index (χ2n) is 6.20. The quantitative estimate of drug-likeness (QED) is 0.805. The van der Waals surface area contributed by atoms with Crippen LogP contribution in [0.5, 0.6) is 0 Å². The number of benzene rings is 1. The summed E-state index contributed by atoms with van der Waals surface area (Å²) in [4.78, 5) is 2.23. The smallest absolute Gasteiger partial charge is 0.244 e. The van der Waals surface area contributed by atoms with E-state index in [0.29, 0.717) is 25.3 Å². The zero-order valence-electron chi connectivity index (χ0n) is 13.4. The lowest BCUT2D eigenvalue weighted by molar-refractivity contribution is -0.0719. The van der Waals surface area contributed by atoms with Gasteiger partial charge in [-0.25, -0.2) is 8.42 Å². The summed E-state index contributed by atoms with van der Waals surface area (Å²) in [6.07, 6.45) is 0.761. The maximum absolute atomic E-state index is 13.2. The van der Waals surface area contributed by atoms with Crippen LogP contribution < -0.4 is 0 Å². The van der Waals surface area contributed by atoms with E-state index in [1.807, 2.05) is 13.1 Å². The van der Waals surface area contributed by atoms with Gasteiger partial charge < -0.3 is 9.64 Å². The number of rotatable bonds is 2.